The van der Waals surface area contributed by atoms with Gasteiger partial charge >= 0.3 is 12.0 Å². The van der Waals surface area contributed by atoms with E-state index in [1.165, 1.54) is 0 Å². The number of anilines is 1. The van der Waals surface area contributed by atoms with Crippen molar-refractivity contribution in [3.63, 3.8) is 0 Å². The number of amides is 3. The summed E-state index contributed by atoms with van der Waals surface area (Å²) in [7, 11) is 1.72. The maximum Gasteiger partial charge on any atom is 0.325 e. The summed E-state index contributed by atoms with van der Waals surface area (Å²) in [5.74, 6) is -1.51. The van der Waals surface area contributed by atoms with Crippen LogP contribution in [0.1, 0.15) is 32.4 Å². The number of urea groups is 1. The van der Waals surface area contributed by atoms with Crippen LogP contribution in [0.3, 0.4) is 0 Å². The number of carbonyl (C=O) groups excluding carboxylic acids is 2. The molecule has 1 rings (SSSR count). The maximum absolute atomic E-state index is 11.7. The molecule has 0 saturated heterocycles. The van der Waals surface area contributed by atoms with Crippen molar-refractivity contribution in [1.82, 2.24) is 15.1 Å². The number of aliphatic carboxylic acids is 1. The summed E-state index contributed by atoms with van der Waals surface area (Å²) in [6.07, 6.45) is 1.41. The lowest BCUT2D eigenvalue weighted by Gasteiger charge is -2.21. The molecule has 1 heterocycles. The summed E-state index contributed by atoms with van der Waals surface area (Å²) in [5, 5.41) is 17.5. The highest BCUT2D eigenvalue weighted by molar-refractivity contribution is 6.01. The fraction of sp³-hybridized carbons (Fsp3) is 0.538. The van der Waals surface area contributed by atoms with E-state index >= 15 is 0 Å². The Morgan fingerprint density at radius 2 is 1.95 bits per heavy atom. The van der Waals surface area contributed by atoms with Crippen LogP contribution in [0.4, 0.5) is 10.5 Å². The second kappa shape index (κ2) is 6.38. The monoisotopic (exact) mass is 296 g/mol. The molecule has 0 aliphatic heterocycles. The second-order valence-corrected chi connectivity index (χ2v) is 5.72. The SMILES string of the molecule is Cc1nn(C)cc1NC(=O)NC(=O)CC(C)(C)CC(=O)O. The lowest BCUT2D eigenvalue weighted by atomic mass is 9.85. The highest BCUT2D eigenvalue weighted by Gasteiger charge is 2.26. The molecule has 0 atom stereocenters. The summed E-state index contributed by atoms with van der Waals surface area (Å²) >= 11 is 0. The van der Waals surface area contributed by atoms with Gasteiger partial charge in [0, 0.05) is 19.7 Å². The number of nitrogens with one attached hydrogen (secondary N) is 2. The minimum Gasteiger partial charge on any atom is -0.481 e. The number of carboxylic acids is 1. The van der Waals surface area contributed by atoms with Crippen LogP contribution >= 0.6 is 0 Å². The number of carbonyl (C=O) groups is 3. The van der Waals surface area contributed by atoms with Gasteiger partial charge in [-0.1, -0.05) is 13.8 Å². The molecule has 0 spiro atoms. The molecular formula is C13H20N4O4. The molecule has 21 heavy (non-hydrogen) atoms. The third kappa shape index (κ3) is 5.64. The van der Waals surface area contributed by atoms with E-state index in [-0.39, 0.29) is 12.8 Å². The molecule has 0 radical (unpaired) electrons. The van der Waals surface area contributed by atoms with E-state index in [4.69, 9.17) is 5.11 Å². The molecule has 116 valence electrons. The largest absolute Gasteiger partial charge is 0.481 e. The molecular weight excluding hydrogens is 276 g/mol. The Kier molecular flexibility index (Phi) is 5.07. The smallest absolute Gasteiger partial charge is 0.325 e. The quantitative estimate of drug-likeness (QED) is 0.757. The average molecular weight is 296 g/mol. The maximum atomic E-state index is 11.7. The van der Waals surface area contributed by atoms with Crippen molar-refractivity contribution in [1.29, 1.82) is 0 Å². The van der Waals surface area contributed by atoms with Crippen molar-refractivity contribution in [2.75, 3.05) is 5.32 Å². The average Bonchev–Trinajstić information content (AvgIpc) is 2.53. The second-order valence-electron chi connectivity index (χ2n) is 5.72. The Morgan fingerprint density at radius 1 is 1.33 bits per heavy atom. The van der Waals surface area contributed by atoms with E-state index in [1.807, 2.05) is 0 Å². The number of hydrogen-bond acceptors (Lipinski definition) is 4. The predicted octanol–water partition coefficient (Wildman–Crippen LogP) is 1.27. The molecule has 3 amide bonds. The van der Waals surface area contributed by atoms with Crippen molar-refractivity contribution >= 4 is 23.6 Å². The first-order valence-corrected chi connectivity index (χ1v) is 6.42. The highest BCUT2D eigenvalue weighted by atomic mass is 16.4. The number of hydrogen-bond donors (Lipinski definition) is 3. The summed E-state index contributed by atoms with van der Waals surface area (Å²) < 4.78 is 1.54. The van der Waals surface area contributed by atoms with E-state index in [0.29, 0.717) is 11.4 Å². The van der Waals surface area contributed by atoms with Gasteiger partial charge in [0.1, 0.15) is 0 Å². The zero-order valence-electron chi connectivity index (χ0n) is 12.6. The summed E-state index contributed by atoms with van der Waals surface area (Å²) in [4.78, 5) is 34.1. The molecule has 1 aromatic rings. The van der Waals surface area contributed by atoms with Crippen LogP contribution in [-0.2, 0) is 16.6 Å². The predicted molar refractivity (Wildman–Crippen MR) is 75.8 cm³/mol. The zero-order valence-corrected chi connectivity index (χ0v) is 12.6. The van der Waals surface area contributed by atoms with Crippen molar-refractivity contribution < 1.29 is 19.5 Å². The number of carboxylic acid groups (broad SMARTS) is 1. The fourth-order valence-corrected chi connectivity index (χ4v) is 1.95. The van der Waals surface area contributed by atoms with Gasteiger partial charge in [0.2, 0.25) is 5.91 Å². The number of nitrogens with zero attached hydrogens (tertiary/aromatic N) is 2. The number of aryl methyl sites for hydroxylation is 2. The normalized spacial score (nSPS) is 11.0. The van der Waals surface area contributed by atoms with Crippen LogP contribution in [0.25, 0.3) is 0 Å². The standard InChI is InChI=1S/C13H20N4O4/c1-8-9(7-17(4)16-8)14-12(21)15-10(18)5-13(2,3)6-11(19)20/h7H,5-6H2,1-4H3,(H,19,20)(H2,14,15,18,21). The van der Waals surface area contributed by atoms with E-state index in [0.717, 1.165) is 0 Å². The Balaban J connectivity index is 2.53. The first-order chi connectivity index (χ1) is 9.59. The molecule has 0 bridgehead atoms. The van der Waals surface area contributed by atoms with Crippen LogP contribution in [0.15, 0.2) is 6.20 Å². The van der Waals surface area contributed by atoms with Crippen LogP contribution in [-0.4, -0.2) is 32.8 Å². The minimum atomic E-state index is -0.983. The summed E-state index contributed by atoms with van der Waals surface area (Å²) in [5.41, 5.74) is 0.416. The molecule has 1 aromatic heterocycles. The van der Waals surface area contributed by atoms with Gasteiger partial charge in [0.15, 0.2) is 0 Å². The third-order valence-corrected chi connectivity index (χ3v) is 2.78. The molecule has 0 aliphatic carbocycles. The zero-order chi connectivity index (χ0) is 16.2. The molecule has 0 saturated carbocycles. The first kappa shape index (κ1) is 16.7. The third-order valence-electron chi connectivity index (χ3n) is 2.78. The van der Waals surface area contributed by atoms with Crippen molar-refractivity contribution in [2.24, 2.45) is 12.5 Å². The highest BCUT2D eigenvalue weighted by Crippen LogP contribution is 2.24. The van der Waals surface area contributed by atoms with Gasteiger partial charge in [-0.25, -0.2) is 4.79 Å². The Bertz CT molecular complexity index is 563. The van der Waals surface area contributed by atoms with Crippen molar-refractivity contribution in [3.05, 3.63) is 11.9 Å². The number of aromatic nitrogens is 2. The molecule has 0 aliphatic rings. The van der Waals surface area contributed by atoms with Gasteiger partial charge in [-0.15, -0.1) is 0 Å². The molecule has 8 nitrogen and oxygen atoms in total. The van der Waals surface area contributed by atoms with Gasteiger partial charge in [-0.05, 0) is 12.3 Å². The summed E-state index contributed by atoms with van der Waals surface area (Å²) in [6.45, 7) is 5.04. The molecule has 8 heteroatoms. The van der Waals surface area contributed by atoms with E-state index < -0.39 is 23.3 Å². The van der Waals surface area contributed by atoms with Gasteiger partial charge in [-0.2, -0.15) is 5.10 Å². The van der Waals surface area contributed by atoms with Gasteiger partial charge in [0.05, 0.1) is 17.8 Å². The fourth-order valence-electron chi connectivity index (χ4n) is 1.95. The summed E-state index contributed by atoms with van der Waals surface area (Å²) in [6, 6.07) is -0.665. The molecule has 0 aromatic carbocycles. The van der Waals surface area contributed by atoms with E-state index in [1.54, 1.807) is 38.7 Å². The minimum absolute atomic E-state index is 0.0568. The Hall–Kier alpha value is -2.38. The molecule has 0 fully saturated rings. The van der Waals surface area contributed by atoms with E-state index in [2.05, 4.69) is 15.7 Å². The van der Waals surface area contributed by atoms with Gasteiger partial charge in [-0.3, -0.25) is 19.6 Å². The topological polar surface area (TPSA) is 113 Å². The van der Waals surface area contributed by atoms with Gasteiger partial charge < -0.3 is 10.4 Å². The Morgan fingerprint density at radius 3 is 2.43 bits per heavy atom. The lowest BCUT2D eigenvalue weighted by Crippen LogP contribution is -2.37. The van der Waals surface area contributed by atoms with Crippen LogP contribution in [0, 0.1) is 12.3 Å². The number of imide groups is 1. The first-order valence-electron chi connectivity index (χ1n) is 6.42. The lowest BCUT2D eigenvalue weighted by molar-refractivity contribution is -0.139. The van der Waals surface area contributed by atoms with Crippen molar-refractivity contribution in [3.8, 4) is 0 Å². The Labute approximate surface area is 122 Å². The molecule has 0 unspecified atom stereocenters. The van der Waals surface area contributed by atoms with Crippen molar-refractivity contribution in [2.45, 2.75) is 33.6 Å². The van der Waals surface area contributed by atoms with Crippen LogP contribution < -0.4 is 10.6 Å². The van der Waals surface area contributed by atoms with Crippen LogP contribution in [0.5, 0.6) is 0 Å². The van der Waals surface area contributed by atoms with Crippen LogP contribution in [0.2, 0.25) is 0 Å². The molecule has 3 N–H and O–H groups in total. The number of rotatable bonds is 5. The van der Waals surface area contributed by atoms with E-state index in [9.17, 15) is 14.4 Å². The van der Waals surface area contributed by atoms with Gasteiger partial charge in [0.25, 0.3) is 0 Å².